The Morgan fingerprint density at radius 2 is 2.05 bits per heavy atom. The lowest BCUT2D eigenvalue weighted by atomic mass is 9.79. The summed E-state index contributed by atoms with van der Waals surface area (Å²) in [6.07, 6.45) is 0.956. The SMILES string of the molecule is CC1(C)CC(C(NN)c2cc(Cl)ccc2I)C(C)(C)O1. The summed E-state index contributed by atoms with van der Waals surface area (Å²) >= 11 is 8.48. The van der Waals surface area contributed by atoms with Gasteiger partial charge in [-0.25, -0.2) is 0 Å². The maximum Gasteiger partial charge on any atom is 0.0681 e. The van der Waals surface area contributed by atoms with Crippen LogP contribution < -0.4 is 11.3 Å². The molecule has 0 aromatic heterocycles. The maximum absolute atomic E-state index is 6.19. The normalized spacial score (nSPS) is 25.6. The zero-order valence-electron chi connectivity index (χ0n) is 12.3. The molecule has 2 atom stereocenters. The maximum atomic E-state index is 6.19. The molecule has 1 aromatic carbocycles. The lowest BCUT2D eigenvalue weighted by molar-refractivity contribution is -0.0779. The highest BCUT2D eigenvalue weighted by molar-refractivity contribution is 14.1. The topological polar surface area (TPSA) is 47.3 Å². The second-order valence-corrected chi connectivity index (χ2v) is 8.18. The second kappa shape index (κ2) is 5.72. The number of hydrogen-bond donors (Lipinski definition) is 2. The van der Waals surface area contributed by atoms with Gasteiger partial charge in [-0.2, -0.15) is 0 Å². The first kappa shape index (κ1) is 16.5. The Labute approximate surface area is 139 Å². The number of halogens is 2. The molecule has 112 valence electrons. The van der Waals surface area contributed by atoms with Crippen LogP contribution in [0, 0.1) is 9.49 Å². The standard InChI is InChI=1S/C15H22ClIN2O/c1-14(2)8-11(15(3,4)20-14)13(19-18)10-7-9(16)5-6-12(10)17/h5-7,11,13,19H,8,18H2,1-4H3. The number of nitrogens with one attached hydrogen (secondary N) is 1. The van der Waals surface area contributed by atoms with E-state index in [1.807, 2.05) is 18.2 Å². The molecule has 2 unspecified atom stereocenters. The van der Waals surface area contributed by atoms with Crippen LogP contribution in [0.3, 0.4) is 0 Å². The highest BCUT2D eigenvalue weighted by Gasteiger charge is 2.49. The van der Waals surface area contributed by atoms with Gasteiger partial charge in [-0.15, -0.1) is 0 Å². The van der Waals surface area contributed by atoms with E-state index in [4.69, 9.17) is 22.2 Å². The molecule has 2 rings (SSSR count). The molecule has 0 spiro atoms. The van der Waals surface area contributed by atoms with Crippen molar-refractivity contribution >= 4 is 34.2 Å². The third-order valence-electron chi connectivity index (χ3n) is 4.02. The van der Waals surface area contributed by atoms with Gasteiger partial charge in [0.2, 0.25) is 0 Å². The van der Waals surface area contributed by atoms with E-state index in [-0.39, 0.29) is 23.2 Å². The van der Waals surface area contributed by atoms with Crippen LogP contribution in [0.2, 0.25) is 5.02 Å². The predicted octanol–water partition coefficient (Wildman–Crippen LogP) is 4.04. The lowest BCUT2D eigenvalue weighted by Gasteiger charge is -2.33. The molecular weight excluding hydrogens is 387 g/mol. The fraction of sp³-hybridized carbons (Fsp3) is 0.600. The summed E-state index contributed by atoms with van der Waals surface area (Å²) in [6.45, 7) is 8.53. The molecule has 0 amide bonds. The minimum absolute atomic E-state index is 0.0253. The highest BCUT2D eigenvalue weighted by atomic mass is 127. The van der Waals surface area contributed by atoms with Crippen LogP contribution in [0.15, 0.2) is 18.2 Å². The van der Waals surface area contributed by atoms with Gasteiger partial charge < -0.3 is 4.74 Å². The molecule has 1 aromatic rings. The molecule has 20 heavy (non-hydrogen) atoms. The molecule has 5 heteroatoms. The summed E-state index contributed by atoms with van der Waals surface area (Å²) in [6, 6.07) is 5.95. The number of nitrogens with two attached hydrogens (primary N) is 1. The Hall–Kier alpha value is 0.120. The van der Waals surface area contributed by atoms with Gasteiger partial charge in [0.25, 0.3) is 0 Å². The Balaban J connectivity index is 2.40. The minimum atomic E-state index is -0.230. The number of ether oxygens (including phenoxy) is 1. The van der Waals surface area contributed by atoms with Gasteiger partial charge in [0, 0.05) is 14.5 Å². The zero-order chi connectivity index (χ0) is 15.1. The molecule has 1 aliphatic heterocycles. The molecule has 0 saturated carbocycles. The number of hydrogen-bond acceptors (Lipinski definition) is 3. The van der Waals surface area contributed by atoms with Crippen LogP contribution in [-0.2, 0) is 4.74 Å². The van der Waals surface area contributed by atoms with Crippen LogP contribution >= 0.6 is 34.2 Å². The summed E-state index contributed by atoms with van der Waals surface area (Å²) < 4.78 is 7.35. The molecule has 1 heterocycles. The first-order chi connectivity index (χ1) is 9.16. The average Bonchev–Trinajstić information content (AvgIpc) is 2.53. The van der Waals surface area contributed by atoms with Crippen molar-refractivity contribution in [2.75, 3.05) is 0 Å². The van der Waals surface area contributed by atoms with Crippen molar-refractivity contribution in [2.45, 2.75) is 51.4 Å². The third kappa shape index (κ3) is 3.30. The summed E-state index contributed by atoms with van der Waals surface area (Å²) in [5, 5.41) is 0.733. The summed E-state index contributed by atoms with van der Waals surface area (Å²) in [7, 11) is 0. The van der Waals surface area contributed by atoms with E-state index in [0.717, 1.165) is 20.6 Å². The van der Waals surface area contributed by atoms with Crippen molar-refractivity contribution < 1.29 is 4.74 Å². The van der Waals surface area contributed by atoms with Crippen molar-refractivity contribution in [3.8, 4) is 0 Å². The van der Waals surface area contributed by atoms with Crippen LogP contribution in [0.25, 0.3) is 0 Å². The van der Waals surface area contributed by atoms with Crippen molar-refractivity contribution in [1.82, 2.24) is 5.43 Å². The molecule has 0 aliphatic carbocycles. The van der Waals surface area contributed by atoms with Gasteiger partial charge >= 0.3 is 0 Å². The number of hydrazine groups is 1. The second-order valence-electron chi connectivity index (χ2n) is 6.59. The van der Waals surface area contributed by atoms with Gasteiger partial charge in [-0.3, -0.25) is 11.3 Å². The van der Waals surface area contributed by atoms with Gasteiger partial charge in [0.1, 0.15) is 0 Å². The summed E-state index contributed by atoms with van der Waals surface area (Å²) in [5.41, 5.74) is 3.76. The fourth-order valence-corrected chi connectivity index (χ4v) is 4.15. The minimum Gasteiger partial charge on any atom is -0.369 e. The number of benzene rings is 1. The van der Waals surface area contributed by atoms with Crippen LogP contribution in [0.4, 0.5) is 0 Å². The van der Waals surface area contributed by atoms with Gasteiger partial charge in [-0.1, -0.05) is 11.6 Å². The first-order valence-corrected chi connectivity index (χ1v) is 8.23. The van der Waals surface area contributed by atoms with Gasteiger partial charge in [-0.05, 0) is 80.5 Å². The molecule has 3 nitrogen and oxygen atoms in total. The molecule has 0 radical (unpaired) electrons. The van der Waals surface area contributed by atoms with E-state index in [9.17, 15) is 0 Å². The number of rotatable bonds is 3. The first-order valence-electron chi connectivity index (χ1n) is 6.77. The molecular formula is C15H22ClIN2O. The average molecular weight is 409 g/mol. The van der Waals surface area contributed by atoms with Crippen molar-refractivity contribution in [3.63, 3.8) is 0 Å². The quantitative estimate of drug-likeness (QED) is 0.451. The van der Waals surface area contributed by atoms with E-state index >= 15 is 0 Å². The van der Waals surface area contributed by atoms with Crippen molar-refractivity contribution in [2.24, 2.45) is 11.8 Å². The van der Waals surface area contributed by atoms with E-state index in [0.29, 0.717) is 0 Å². The van der Waals surface area contributed by atoms with E-state index in [2.05, 4.69) is 55.7 Å². The van der Waals surface area contributed by atoms with E-state index in [1.54, 1.807) is 0 Å². The van der Waals surface area contributed by atoms with Crippen LogP contribution in [-0.4, -0.2) is 11.2 Å². The molecule has 1 aliphatic rings. The highest BCUT2D eigenvalue weighted by Crippen LogP contribution is 2.48. The van der Waals surface area contributed by atoms with Crippen LogP contribution in [0.1, 0.15) is 45.7 Å². The van der Waals surface area contributed by atoms with Gasteiger partial charge in [0.15, 0.2) is 0 Å². The fourth-order valence-electron chi connectivity index (χ4n) is 3.30. The Bertz CT molecular complexity index is 505. The molecule has 1 saturated heterocycles. The lowest BCUT2D eigenvalue weighted by Crippen LogP contribution is -2.41. The monoisotopic (exact) mass is 408 g/mol. The predicted molar refractivity (Wildman–Crippen MR) is 91.6 cm³/mol. The third-order valence-corrected chi connectivity index (χ3v) is 5.24. The van der Waals surface area contributed by atoms with E-state index in [1.165, 1.54) is 0 Å². The van der Waals surface area contributed by atoms with Crippen molar-refractivity contribution in [1.29, 1.82) is 0 Å². The molecule has 0 bridgehead atoms. The Kier molecular flexibility index (Phi) is 4.72. The van der Waals surface area contributed by atoms with Crippen molar-refractivity contribution in [3.05, 3.63) is 32.4 Å². The summed E-state index contributed by atoms with van der Waals surface area (Å²) in [5.74, 6) is 6.15. The zero-order valence-corrected chi connectivity index (χ0v) is 15.2. The Morgan fingerprint density at radius 3 is 2.55 bits per heavy atom. The largest absolute Gasteiger partial charge is 0.369 e. The van der Waals surface area contributed by atoms with E-state index < -0.39 is 0 Å². The molecule has 1 fully saturated rings. The smallest absolute Gasteiger partial charge is 0.0681 e. The molecule has 3 N–H and O–H groups in total. The van der Waals surface area contributed by atoms with Gasteiger partial charge in [0.05, 0.1) is 17.2 Å². The Morgan fingerprint density at radius 1 is 1.40 bits per heavy atom. The van der Waals surface area contributed by atoms with Crippen LogP contribution in [0.5, 0.6) is 0 Å². The summed E-state index contributed by atoms with van der Waals surface area (Å²) in [4.78, 5) is 0.